The molecule has 0 bridgehead atoms. The van der Waals surface area contributed by atoms with E-state index in [2.05, 4.69) is 31.8 Å². The molecule has 0 fully saturated rings. The fourth-order valence-electron chi connectivity index (χ4n) is 2.40. The fraction of sp³-hybridized carbons (Fsp3) is 0.389. The number of nitrogens with one attached hydrogen (secondary N) is 2. The first kappa shape index (κ1) is 17.9. The Bertz CT molecular complexity index is 662. The molecule has 2 aromatic rings. The van der Waals surface area contributed by atoms with Crippen LogP contribution in [-0.2, 0) is 0 Å². The zero-order valence-electron chi connectivity index (χ0n) is 14.8. The third-order valence-electron chi connectivity index (χ3n) is 3.46. The molecule has 2 N–H and O–H groups in total. The Balaban J connectivity index is 1.91. The Morgan fingerprint density at radius 2 is 1.79 bits per heavy atom. The summed E-state index contributed by atoms with van der Waals surface area (Å²) in [5.74, 6) is 0.420. The summed E-state index contributed by atoms with van der Waals surface area (Å²) in [7, 11) is 4.02. The van der Waals surface area contributed by atoms with E-state index in [1.54, 1.807) is 12.1 Å². The van der Waals surface area contributed by atoms with Gasteiger partial charge in [0.1, 0.15) is 0 Å². The largest absolute Gasteiger partial charge is 0.351 e. The van der Waals surface area contributed by atoms with E-state index < -0.39 is 0 Å². The number of anilines is 2. The molecule has 1 aromatic heterocycles. The number of nitrogens with zero attached hydrogens (tertiary/aromatic N) is 3. The molecular formula is C18H25N5O. The van der Waals surface area contributed by atoms with Crippen molar-refractivity contribution in [3.8, 4) is 0 Å². The van der Waals surface area contributed by atoms with E-state index in [4.69, 9.17) is 0 Å². The van der Waals surface area contributed by atoms with E-state index in [1.165, 1.54) is 11.1 Å². The van der Waals surface area contributed by atoms with Crippen molar-refractivity contribution < 1.29 is 4.79 Å². The number of rotatable bonds is 7. The predicted octanol–water partition coefficient (Wildman–Crippen LogP) is 2.52. The summed E-state index contributed by atoms with van der Waals surface area (Å²) in [6, 6.07) is 9.64. The first-order chi connectivity index (χ1) is 11.4. The molecule has 128 valence electrons. The molecule has 6 heteroatoms. The normalized spacial score (nSPS) is 10.7. The van der Waals surface area contributed by atoms with Crippen molar-refractivity contribution in [2.75, 3.05) is 32.5 Å². The van der Waals surface area contributed by atoms with Crippen LogP contribution in [0.5, 0.6) is 0 Å². The van der Waals surface area contributed by atoms with Gasteiger partial charge in [-0.05, 0) is 76.3 Å². The highest BCUT2D eigenvalue weighted by molar-refractivity contribution is 5.92. The minimum Gasteiger partial charge on any atom is -0.351 e. The standard InChI is InChI=1S/C18H25N5O/c1-13-10-14(2)12-15(11-13)20-17-7-6-16(21-22-17)18(24)19-8-5-9-23(3)4/h6-7,10-12H,5,8-9H2,1-4H3,(H,19,24)(H,20,22). The number of carbonyl (C=O) groups is 1. The summed E-state index contributed by atoms with van der Waals surface area (Å²) >= 11 is 0. The van der Waals surface area contributed by atoms with Gasteiger partial charge in [0.15, 0.2) is 11.5 Å². The van der Waals surface area contributed by atoms with E-state index in [-0.39, 0.29) is 5.91 Å². The van der Waals surface area contributed by atoms with E-state index in [0.717, 1.165) is 18.7 Å². The Morgan fingerprint density at radius 1 is 1.08 bits per heavy atom. The average Bonchev–Trinajstić information content (AvgIpc) is 2.51. The van der Waals surface area contributed by atoms with Crippen LogP contribution in [0.4, 0.5) is 11.5 Å². The summed E-state index contributed by atoms with van der Waals surface area (Å²) in [5.41, 5.74) is 3.65. The SMILES string of the molecule is Cc1cc(C)cc(Nc2ccc(C(=O)NCCCN(C)C)nn2)c1. The Kier molecular flexibility index (Phi) is 6.26. The van der Waals surface area contributed by atoms with Gasteiger partial charge >= 0.3 is 0 Å². The van der Waals surface area contributed by atoms with Gasteiger partial charge in [-0.15, -0.1) is 10.2 Å². The van der Waals surface area contributed by atoms with Crippen LogP contribution < -0.4 is 10.6 Å². The van der Waals surface area contributed by atoms with Crippen LogP contribution in [0.3, 0.4) is 0 Å². The van der Waals surface area contributed by atoms with Crippen molar-refractivity contribution in [2.24, 2.45) is 0 Å². The van der Waals surface area contributed by atoms with Crippen LogP contribution in [0.2, 0.25) is 0 Å². The maximum atomic E-state index is 12.0. The average molecular weight is 327 g/mol. The van der Waals surface area contributed by atoms with Crippen LogP contribution in [0.1, 0.15) is 28.0 Å². The van der Waals surface area contributed by atoms with Gasteiger partial charge in [0.05, 0.1) is 0 Å². The first-order valence-corrected chi connectivity index (χ1v) is 8.06. The number of hydrogen-bond acceptors (Lipinski definition) is 5. The van der Waals surface area contributed by atoms with Crippen molar-refractivity contribution >= 4 is 17.4 Å². The molecule has 1 heterocycles. The molecule has 0 saturated carbocycles. The monoisotopic (exact) mass is 327 g/mol. The summed E-state index contributed by atoms with van der Waals surface area (Å²) in [4.78, 5) is 14.1. The van der Waals surface area contributed by atoms with E-state index >= 15 is 0 Å². The lowest BCUT2D eigenvalue weighted by Crippen LogP contribution is -2.28. The molecule has 0 radical (unpaired) electrons. The minimum atomic E-state index is -0.195. The van der Waals surface area contributed by atoms with Gasteiger partial charge in [0, 0.05) is 12.2 Å². The molecule has 2 rings (SSSR count). The molecular weight excluding hydrogens is 302 g/mol. The van der Waals surface area contributed by atoms with E-state index in [1.807, 2.05) is 40.1 Å². The van der Waals surface area contributed by atoms with Gasteiger partial charge in [-0.2, -0.15) is 0 Å². The highest BCUT2D eigenvalue weighted by Gasteiger charge is 2.08. The maximum absolute atomic E-state index is 12.0. The van der Waals surface area contributed by atoms with Crippen molar-refractivity contribution in [1.82, 2.24) is 20.4 Å². The molecule has 0 aliphatic carbocycles. The van der Waals surface area contributed by atoms with Gasteiger partial charge in [0.25, 0.3) is 5.91 Å². The third kappa shape index (κ3) is 5.62. The van der Waals surface area contributed by atoms with E-state index in [0.29, 0.717) is 18.1 Å². The smallest absolute Gasteiger partial charge is 0.271 e. The van der Waals surface area contributed by atoms with Gasteiger partial charge in [-0.1, -0.05) is 6.07 Å². The first-order valence-electron chi connectivity index (χ1n) is 8.06. The van der Waals surface area contributed by atoms with E-state index in [9.17, 15) is 4.79 Å². The molecule has 0 aliphatic rings. The zero-order valence-corrected chi connectivity index (χ0v) is 14.8. The second kappa shape index (κ2) is 8.40. The molecule has 1 aromatic carbocycles. The maximum Gasteiger partial charge on any atom is 0.271 e. The van der Waals surface area contributed by atoms with Crippen molar-refractivity contribution in [3.63, 3.8) is 0 Å². The quantitative estimate of drug-likeness (QED) is 0.765. The lowest BCUT2D eigenvalue weighted by Gasteiger charge is -2.10. The predicted molar refractivity (Wildman–Crippen MR) is 96.7 cm³/mol. The van der Waals surface area contributed by atoms with Crippen LogP contribution in [0.15, 0.2) is 30.3 Å². The van der Waals surface area contributed by atoms with Gasteiger partial charge in [-0.3, -0.25) is 4.79 Å². The number of aryl methyl sites for hydroxylation is 2. The third-order valence-corrected chi connectivity index (χ3v) is 3.46. The molecule has 0 saturated heterocycles. The van der Waals surface area contributed by atoms with Crippen molar-refractivity contribution in [3.05, 3.63) is 47.2 Å². The fourth-order valence-corrected chi connectivity index (χ4v) is 2.40. The molecule has 24 heavy (non-hydrogen) atoms. The second-order valence-corrected chi connectivity index (χ2v) is 6.22. The topological polar surface area (TPSA) is 70.2 Å². The Labute approximate surface area is 143 Å². The van der Waals surface area contributed by atoms with Gasteiger partial charge in [-0.25, -0.2) is 0 Å². The second-order valence-electron chi connectivity index (χ2n) is 6.22. The van der Waals surface area contributed by atoms with Gasteiger partial charge < -0.3 is 15.5 Å². The van der Waals surface area contributed by atoms with Crippen LogP contribution in [0.25, 0.3) is 0 Å². The summed E-state index contributed by atoms with van der Waals surface area (Å²) in [6.07, 6.45) is 0.901. The lowest BCUT2D eigenvalue weighted by atomic mass is 10.1. The number of aromatic nitrogens is 2. The molecule has 0 spiro atoms. The zero-order chi connectivity index (χ0) is 17.5. The number of carbonyl (C=O) groups excluding carboxylic acids is 1. The minimum absolute atomic E-state index is 0.195. The van der Waals surface area contributed by atoms with Crippen molar-refractivity contribution in [2.45, 2.75) is 20.3 Å². The molecule has 1 amide bonds. The van der Waals surface area contributed by atoms with Gasteiger partial charge in [0.2, 0.25) is 0 Å². The van der Waals surface area contributed by atoms with Crippen LogP contribution >= 0.6 is 0 Å². The summed E-state index contributed by atoms with van der Waals surface area (Å²) < 4.78 is 0. The highest BCUT2D eigenvalue weighted by atomic mass is 16.1. The molecule has 0 aliphatic heterocycles. The number of hydrogen-bond donors (Lipinski definition) is 2. The Morgan fingerprint density at radius 3 is 2.38 bits per heavy atom. The molecule has 0 unspecified atom stereocenters. The molecule has 6 nitrogen and oxygen atoms in total. The summed E-state index contributed by atoms with van der Waals surface area (Å²) in [5, 5.41) is 14.1. The molecule has 0 atom stereocenters. The summed E-state index contributed by atoms with van der Waals surface area (Å²) in [6.45, 7) is 5.66. The lowest BCUT2D eigenvalue weighted by molar-refractivity contribution is 0.0946. The highest BCUT2D eigenvalue weighted by Crippen LogP contribution is 2.17. The Hall–Kier alpha value is -2.47. The van der Waals surface area contributed by atoms with Crippen LogP contribution in [-0.4, -0.2) is 48.2 Å². The number of amides is 1. The van der Waals surface area contributed by atoms with Crippen LogP contribution in [0, 0.1) is 13.8 Å². The van der Waals surface area contributed by atoms with Crippen molar-refractivity contribution in [1.29, 1.82) is 0 Å². The number of benzene rings is 1.